The van der Waals surface area contributed by atoms with Crippen molar-refractivity contribution in [1.82, 2.24) is 15.0 Å². The Morgan fingerprint density at radius 1 is 1.18 bits per heavy atom. The van der Waals surface area contributed by atoms with Gasteiger partial charge in [0.15, 0.2) is 5.82 Å². The van der Waals surface area contributed by atoms with Crippen LogP contribution in [0.1, 0.15) is 23.9 Å². The van der Waals surface area contributed by atoms with Crippen LogP contribution < -0.4 is 0 Å². The Labute approximate surface area is 106 Å². The summed E-state index contributed by atoms with van der Waals surface area (Å²) in [5.74, 6) is 0.636. The first-order valence-electron chi connectivity index (χ1n) is 5.58. The van der Waals surface area contributed by atoms with Gasteiger partial charge in [0.2, 0.25) is 0 Å². The van der Waals surface area contributed by atoms with Gasteiger partial charge in [-0.3, -0.25) is 4.98 Å². The highest BCUT2D eigenvalue weighted by molar-refractivity contribution is 6.30. The molecule has 0 radical (unpaired) electrons. The standard InChI is InChI=1S/C13H14ClN3/c1-4-11-9(3)16-13(17-12(11)14)10-6-5-8(2)15-7-10/h5-7H,4H2,1-3H3. The molecule has 0 saturated heterocycles. The van der Waals surface area contributed by atoms with Gasteiger partial charge in [-0.15, -0.1) is 0 Å². The third kappa shape index (κ3) is 2.44. The first-order valence-corrected chi connectivity index (χ1v) is 5.95. The lowest BCUT2D eigenvalue weighted by Gasteiger charge is -2.07. The van der Waals surface area contributed by atoms with Crippen LogP contribution in [0.25, 0.3) is 11.4 Å². The predicted molar refractivity (Wildman–Crippen MR) is 69.1 cm³/mol. The maximum Gasteiger partial charge on any atom is 0.162 e. The van der Waals surface area contributed by atoms with Crippen LogP contribution in [-0.4, -0.2) is 15.0 Å². The lowest BCUT2D eigenvalue weighted by Crippen LogP contribution is -1.99. The summed E-state index contributed by atoms with van der Waals surface area (Å²) in [6.45, 7) is 5.95. The number of pyridine rings is 1. The van der Waals surface area contributed by atoms with Crippen molar-refractivity contribution in [2.24, 2.45) is 0 Å². The highest BCUT2D eigenvalue weighted by atomic mass is 35.5. The molecule has 0 aliphatic carbocycles. The number of aryl methyl sites for hydroxylation is 2. The second-order valence-corrected chi connectivity index (χ2v) is 4.30. The zero-order valence-electron chi connectivity index (χ0n) is 10.2. The molecule has 17 heavy (non-hydrogen) atoms. The van der Waals surface area contributed by atoms with Crippen molar-refractivity contribution >= 4 is 11.6 Å². The first kappa shape index (κ1) is 12.0. The lowest BCUT2D eigenvalue weighted by atomic mass is 10.2. The van der Waals surface area contributed by atoms with E-state index >= 15 is 0 Å². The smallest absolute Gasteiger partial charge is 0.162 e. The normalized spacial score (nSPS) is 10.6. The van der Waals surface area contributed by atoms with E-state index in [2.05, 4.69) is 15.0 Å². The van der Waals surface area contributed by atoms with Gasteiger partial charge in [0.05, 0.1) is 0 Å². The molecule has 0 saturated carbocycles. The van der Waals surface area contributed by atoms with E-state index in [0.29, 0.717) is 11.0 Å². The molecule has 2 aromatic heterocycles. The topological polar surface area (TPSA) is 38.7 Å². The average Bonchev–Trinajstić information content (AvgIpc) is 2.29. The summed E-state index contributed by atoms with van der Waals surface area (Å²) in [6, 6.07) is 3.90. The van der Waals surface area contributed by atoms with E-state index in [1.165, 1.54) is 0 Å². The molecule has 4 heteroatoms. The van der Waals surface area contributed by atoms with Gasteiger partial charge in [0.1, 0.15) is 5.15 Å². The van der Waals surface area contributed by atoms with Crippen molar-refractivity contribution in [2.45, 2.75) is 27.2 Å². The van der Waals surface area contributed by atoms with Crippen molar-refractivity contribution < 1.29 is 0 Å². The number of nitrogens with zero attached hydrogens (tertiary/aromatic N) is 3. The third-order valence-electron chi connectivity index (χ3n) is 2.69. The Morgan fingerprint density at radius 3 is 2.47 bits per heavy atom. The quantitative estimate of drug-likeness (QED) is 0.764. The van der Waals surface area contributed by atoms with Gasteiger partial charge in [0, 0.05) is 28.7 Å². The Balaban J connectivity index is 2.50. The van der Waals surface area contributed by atoms with Crippen LogP contribution in [0.5, 0.6) is 0 Å². The first-order chi connectivity index (χ1) is 8.11. The molecule has 0 unspecified atom stereocenters. The van der Waals surface area contributed by atoms with Crippen LogP contribution in [0.3, 0.4) is 0 Å². The van der Waals surface area contributed by atoms with E-state index in [1.54, 1.807) is 6.20 Å². The largest absolute Gasteiger partial charge is 0.261 e. The molecule has 2 aromatic rings. The molecule has 88 valence electrons. The van der Waals surface area contributed by atoms with Gasteiger partial charge in [0.25, 0.3) is 0 Å². The molecule has 0 bridgehead atoms. The molecule has 0 fully saturated rings. The summed E-state index contributed by atoms with van der Waals surface area (Å²) in [7, 11) is 0. The minimum absolute atomic E-state index is 0.538. The van der Waals surface area contributed by atoms with Gasteiger partial charge in [-0.25, -0.2) is 9.97 Å². The molecule has 2 rings (SSSR count). The van der Waals surface area contributed by atoms with Crippen LogP contribution in [0.2, 0.25) is 5.15 Å². The average molecular weight is 248 g/mol. The lowest BCUT2D eigenvalue weighted by molar-refractivity contribution is 0.999. The SMILES string of the molecule is CCc1c(C)nc(-c2ccc(C)nc2)nc1Cl. The highest BCUT2D eigenvalue weighted by Gasteiger charge is 2.09. The van der Waals surface area contributed by atoms with Crippen molar-refractivity contribution in [3.63, 3.8) is 0 Å². The molecule has 0 N–H and O–H groups in total. The molecule has 0 atom stereocenters. The van der Waals surface area contributed by atoms with Gasteiger partial charge < -0.3 is 0 Å². The van der Waals surface area contributed by atoms with Crippen LogP contribution in [-0.2, 0) is 6.42 Å². The van der Waals surface area contributed by atoms with E-state index in [-0.39, 0.29) is 0 Å². The summed E-state index contributed by atoms with van der Waals surface area (Å²) in [5.41, 5.74) is 3.81. The number of halogens is 1. The van der Waals surface area contributed by atoms with Crippen molar-refractivity contribution in [2.75, 3.05) is 0 Å². The molecular weight excluding hydrogens is 234 g/mol. The fourth-order valence-electron chi connectivity index (χ4n) is 1.69. The Morgan fingerprint density at radius 2 is 1.94 bits per heavy atom. The number of rotatable bonds is 2. The molecule has 3 nitrogen and oxygen atoms in total. The molecule has 0 amide bonds. The van der Waals surface area contributed by atoms with E-state index in [1.807, 2.05) is 32.9 Å². The van der Waals surface area contributed by atoms with E-state index in [0.717, 1.165) is 28.9 Å². The second-order valence-electron chi connectivity index (χ2n) is 3.94. The Kier molecular flexibility index (Phi) is 3.38. The summed E-state index contributed by atoms with van der Waals surface area (Å²) in [6.07, 6.45) is 2.61. The van der Waals surface area contributed by atoms with E-state index in [9.17, 15) is 0 Å². The second kappa shape index (κ2) is 4.80. The summed E-state index contributed by atoms with van der Waals surface area (Å²) in [4.78, 5) is 13.0. The zero-order chi connectivity index (χ0) is 12.4. The van der Waals surface area contributed by atoms with Crippen LogP contribution >= 0.6 is 11.6 Å². The van der Waals surface area contributed by atoms with Crippen LogP contribution in [0.15, 0.2) is 18.3 Å². The minimum atomic E-state index is 0.538. The van der Waals surface area contributed by atoms with Crippen LogP contribution in [0, 0.1) is 13.8 Å². The molecule has 0 aromatic carbocycles. The van der Waals surface area contributed by atoms with Crippen LogP contribution in [0.4, 0.5) is 0 Å². The van der Waals surface area contributed by atoms with Crippen molar-refractivity contribution in [1.29, 1.82) is 0 Å². The highest BCUT2D eigenvalue weighted by Crippen LogP contribution is 2.22. The molecule has 2 heterocycles. The summed E-state index contributed by atoms with van der Waals surface area (Å²) >= 11 is 6.14. The van der Waals surface area contributed by atoms with Gasteiger partial charge in [-0.1, -0.05) is 18.5 Å². The molecular formula is C13H14ClN3. The van der Waals surface area contributed by atoms with Crippen molar-refractivity contribution in [3.05, 3.63) is 40.4 Å². The number of hydrogen-bond acceptors (Lipinski definition) is 3. The molecule has 0 spiro atoms. The van der Waals surface area contributed by atoms with Crippen molar-refractivity contribution in [3.8, 4) is 11.4 Å². The number of hydrogen-bond donors (Lipinski definition) is 0. The fourth-order valence-corrected chi connectivity index (χ4v) is 2.04. The maximum atomic E-state index is 6.14. The van der Waals surface area contributed by atoms with E-state index < -0.39 is 0 Å². The molecule has 0 aliphatic rings. The fraction of sp³-hybridized carbons (Fsp3) is 0.308. The van der Waals surface area contributed by atoms with E-state index in [4.69, 9.17) is 11.6 Å². The molecule has 0 aliphatic heterocycles. The predicted octanol–water partition coefficient (Wildman–Crippen LogP) is 3.37. The third-order valence-corrected chi connectivity index (χ3v) is 3.00. The number of aromatic nitrogens is 3. The van der Waals surface area contributed by atoms with Gasteiger partial charge in [-0.2, -0.15) is 0 Å². The van der Waals surface area contributed by atoms with Gasteiger partial charge in [-0.05, 0) is 32.4 Å². The van der Waals surface area contributed by atoms with Gasteiger partial charge >= 0.3 is 0 Å². The summed E-state index contributed by atoms with van der Waals surface area (Å²) in [5, 5.41) is 0.538. The maximum absolute atomic E-state index is 6.14. The minimum Gasteiger partial charge on any atom is -0.261 e. The Hall–Kier alpha value is -1.48. The zero-order valence-corrected chi connectivity index (χ0v) is 10.9. The monoisotopic (exact) mass is 247 g/mol. The Bertz CT molecular complexity index is 512. The summed E-state index contributed by atoms with van der Waals surface area (Å²) < 4.78 is 0.